The summed E-state index contributed by atoms with van der Waals surface area (Å²) in [5, 5.41) is 11.4. The molecule has 1 heterocycles. The second-order valence-corrected chi connectivity index (χ2v) is 6.93. The first-order valence-corrected chi connectivity index (χ1v) is 9.30. The lowest BCUT2D eigenvalue weighted by molar-refractivity contribution is -0.137. The number of imidazole rings is 1. The second-order valence-electron chi connectivity index (χ2n) is 6.93. The molecule has 0 atom stereocenters. The zero-order valence-electron chi connectivity index (χ0n) is 14.8. The molecular formula is C19H25N3O4. The molecule has 1 aromatic heterocycles. The number of carbonyl (C=O) groups is 2. The lowest BCUT2D eigenvalue weighted by atomic mass is 10.1. The Labute approximate surface area is 151 Å². The van der Waals surface area contributed by atoms with Crippen LogP contribution >= 0.6 is 0 Å². The van der Waals surface area contributed by atoms with Crippen LogP contribution in [0.15, 0.2) is 23.0 Å². The number of carboxylic acid groups (broad SMARTS) is 1. The Morgan fingerprint density at radius 3 is 2.69 bits per heavy atom. The predicted octanol–water partition coefficient (Wildman–Crippen LogP) is 2.82. The first kappa shape index (κ1) is 18.2. The monoisotopic (exact) mass is 359 g/mol. The van der Waals surface area contributed by atoms with E-state index in [-0.39, 0.29) is 24.1 Å². The molecule has 7 nitrogen and oxygen atoms in total. The maximum absolute atomic E-state index is 12.3. The first-order chi connectivity index (χ1) is 12.6. The van der Waals surface area contributed by atoms with Crippen molar-refractivity contribution >= 4 is 22.9 Å². The van der Waals surface area contributed by atoms with Crippen LogP contribution in [0.25, 0.3) is 11.0 Å². The maximum atomic E-state index is 12.3. The molecule has 7 heteroatoms. The highest BCUT2D eigenvalue weighted by atomic mass is 16.4. The van der Waals surface area contributed by atoms with E-state index in [0.717, 1.165) is 44.0 Å². The summed E-state index contributed by atoms with van der Waals surface area (Å²) in [5.74, 6) is -0.972. The fourth-order valence-corrected chi connectivity index (χ4v) is 3.68. The highest BCUT2D eigenvalue weighted by Crippen LogP contribution is 2.30. The van der Waals surface area contributed by atoms with Gasteiger partial charge >= 0.3 is 11.7 Å². The van der Waals surface area contributed by atoms with Crippen molar-refractivity contribution in [3.05, 3.63) is 34.2 Å². The highest BCUT2D eigenvalue weighted by molar-refractivity contribution is 5.97. The van der Waals surface area contributed by atoms with E-state index < -0.39 is 5.97 Å². The van der Waals surface area contributed by atoms with Crippen LogP contribution < -0.4 is 11.0 Å². The van der Waals surface area contributed by atoms with Crippen molar-refractivity contribution in [3.8, 4) is 0 Å². The zero-order valence-corrected chi connectivity index (χ0v) is 14.8. The molecule has 0 aliphatic heterocycles. The van der Waals surface area contributed by atoms with Crippen molar-refractivity contribution in [2.75, 3.05) is 6.54 Å². The number of hydrogen-bond donors (Lipinski definition) is 3. The number of aromatic amines is 1. The molecule has 26 heavy (non-hydrogen) atoms. The zero-order chi connectivity index (χ0) is 18.5. The van der Waals surface area contributed by atoms with Gasteiger partial charge in [0.25, 0.3) is 5.91 Å². The fourth-order valence-electron chi connectivity index (χ4n) is 3.68. The molecule has 1 aromatic carbocycles. The number of carboxylic acids is 1. The summed E-state index contributed by atoms with van der Waals surface area (Å²) >= 11 is 0. The molecule has 1 aliphatic carbocycles. The average molecular weight is 359 g/mol. The summed E-state index contributed by atoms with van der Waals surface area (Å²) in [6, 6.07) is 5.57. The number of unbranched alkanes of at least 4 members (excludes halogenated alkanes) is 2. The number of rotatable bonds is 8. The Kier molecular flexibility index (Phi) is 5.75. The fraction of sp³-hybridized carbons (Fsp3) is 0.526. The van der Waals surface area contributed by atoms with Crippen molar-refractivity contribution in [2.45, 2.75) is 57.4 Å². The van der Waals surface area contributed by atoms with Gasteiger partial charge in [-0.05, 0) is 43.9 Å². The maximum Gasteiger partial charge on any atom is 0.326 e. The van der Waals surface area contributed by atoms with E-state index in [2.05, 4.69) is 10.3 Å². The predicted molar refractivity (Wildman–Crippen MR) is 98.5 cm³/mol. The molecule has 0 unspecified atom stereocenters. The van der Waals surface area contributed by atoms with Gasteiger partial charge in [0, 0.05) is 24.6 Å². The number of hydrogen-bond acceptors (Lipinski definition) is 3. The molecule has 1 fully saturated rings. The van der Waals surface area contributed by atoms with Crippen LogP contribution in [-0.4, -0.2) is 33.1 Å². The third-order valence-electron chi connectivity index (χ3n) is 5.02. The number of fused-ring (bicyclic) bond motifs is 1. The molecule has 3 rings (SSSR count). The number of amides is 1. The first-order valence-electron chi connectivity index (χ1n) is 9.30. The summed E-state index contributed by atoms with van der Waals surface area (Å²) in [6.45, 7) is 0.510. The van der Waals surface area contributed by atoms with Gasteiger partial charge in [-0.2, -0.15) is 0 Å². The molecule has 1 amide bonds. The largest absolute Gasteiger partial charge is 0.481 e. The molecule has 140 valence electrons. The van der Waals surface area contributed by atoms with Gasteiger partial charge in [0.15, 0.2) is 0 Å². The van der Waals surface area contributed by atoms with Crippen molar-refractivity contribution in [1.82, 2.24) is 14.9 Å². The van der Waals surface area contributed by atoms with E-state index in [1.54, 1.807) is 12.1 Å². The summed E-state index contributed by atoms with van der Waals surface area (Å²) in [5.41, 5.74) is 1.95. The van der Waals surface area contributed by atoms with Gasteiger partial charge in [-0.25, -0.2) is 4.79 Å². The normalized spacial score (nSPS) is 14.8. The Balaban J connectivity index is 1.61. The second kappa shape index (κ2) is 8.21. The summed E-state index contributed by atoms with van der Waals surface area (Å²) in [4.78, 5) is 37.9. The molecule has 0 radical (unpaired) electrons. The molecule has 1 aliphatic rings. The van der Waals surface area contributed by atoms with E-state index in [1.165, 1.54) is 0 Å². The quantitative estimate of drug-likeness (QED) is 0.630. The number of aliphatic carboxylic acids is 1. The summed E-state index contributed by atoms with van der Waals surface area (Å²) < 4.78 is 1.83. The van der Waals surface area contributed by atoms with Gasteiger partial charge in [-0.3, -0.25) is 14.2 Å². The average Bonchev–Trinajstić information content (AvgIpc) is 3.23. The van der Waals surface area contributed by atoms with Crippen molar-refractivity contribution < 1.29 is 14.7 Å². The van der Waals surface area contributed by atoms with E-state index >= 15 is 0 Å². The highest BCUT2D eigenvalue weighted by Gasteiger charge is 2.21. The van der Waals surface area contributed by atoms with Gasteiger partial charge in [0.2, 0.25) is 0 Å². The van der Waals surface area contributed by atoms with Crippen LogP contribution in [0, 0.1) is 0 Å². The van der Waals surface area contributed by atoms with Crippen LogP contribution in [0.2, 0.25) is 0 Å². The SMILES string of the molecule is O=C(O)CCCCCNC(=O)c1ccc2c(c1)[nH]c(=O)n2C1CCCC1. The Morgan fingerprint density at radius 2 is 1.96 bits per heavy atom. The third-order valence-corrected chi connectivity index (χ3v) is 5.02. The molecule has 0 spiro atoms. The summed E-state index contributed by atoms with van der Waals surface area (Å²) in [6.07, 6.45) is 6.64. The smallest absolute Gasteiger partial charge is 0.326 e. The Morgan fingerprint density at radius 1 is 1.19 bits per heavy atom. The molecule has 1 saturated carbocycles. The van der Waals surface area contributed by atoms with E-state index in [0.29, 0.717) is 24.0 Å². The van der Waals surface area contributed by atoms with Gasteiger partial charge in [-0.1, -0.05) is 19.3 Å². The lowest BCUT2D eigenvalue weighted by Crippen LogP contribution is -2.24. The topological polar surface area (TPSA) is 104 Å². The van der Waals surface area contributed by atoms with Crippen LogP contribution in [0.5, 0.6) is 0 Å². The van der Waals surface area contributed by atoms with E-state index in [4.69, 9.17) is 5.11 Å². The standard InChI is InChI=1S/C19H25N3O4/c23-17(24)8-2-1-5-11-20-18(25)13-9-10-16-15(12-13)21-19(26)22(16)14-6-3-4-7-14/h9-10,12,14H,1-8,11H2,(H,20,25)(H,21,26)(H,23,24). The number of nitrogens with zero attached hydrogens (tertiary/aromatic N) is 1. The number of H-pyrrole nitrogens is 1. The molecule has 0 saturated heterocycles. The van der Waals surface area contributed by atoms with Crippen LogP contribution in [-0.2, 0) is 4.79 Å². The van der Waals surface area contributed by atoms with Crippen LogP contribution in [0.3, 0.4) is 0 Å². The minimum absolute atomic E-state index is 0.108. The third kappa shape index (κ3) is 4.15. The number of aromatic nitrogens is 2. The van der Waals surface area contributed by atoms with E-state index in [9.17, 15) is 14.4 Å². The van der Waals surface area contributed by atoms with Gasteiger partial charge in [0.1, 0.15) is 0 Å². The van der Waals surface area contributed by atoms with Crippen molar-refractivity contribution in [1.29, 1.82) is 0 Å². The molecule has 2 aromatic rings. The van der Waals surface area contributed by atoms with Crippen molar-refractivity contribution in [2.24, 2.45) is 0 Å². The number of carbonyl (C=O) groups excluding carboxylic acids is 1. The number of benzene rings is 1. The summed E-state index contributed by atoms with van der Waals surface area (Å²) in [7, 11) is 0. The van der Waals surface area contributed by atoms with Crippen molar-refractivity contribution in [3.63, 3.8) is 0 Å². The lowest BCUT2D eigenvalue weighted by Gasteiger charge is -2.11. The van der Waals surface area contributed by atoms with Crippen LogP contribution in [0.1, 0.15) is 67.8 Å². The minimum atomic E-state index is -0.791. The Hall–Kier alpha value is -2.57. The van der Waals surface area contributed by atoms with E-state index in [1.807, 2.05) is 10.6 Å². The van der Waals surface area contributed by atoms with Gasteiger partial charge < -0.3 is 15.4 Å². The number of nitrogens with one attached hydrogen (secondary N) is 2. The van der Waals surface area contributed by atoms with Gasteiger partial charge in [-0.15, -0.1) is 0 Å². The minimum Gasteiger partial charge on any atom is -0.481 e. The molecule has 3 N–H and O–H groups in total. The van der Waals surface area contributed by atoms with Gasteiger partial charge in [0.05, 0.1) is 11.0 Å². The molecular weight excluding hydrogens is 334 g/mol. The van der Waals surface area contributed by atoms with Crippen LogP contribution in [0.4, 0.5) is 0 Å². The Bertz CT molecular complexity index is 846. The molecule has 0 bridgehead atoms.